The van der Waals surface area contributed by atoms with Crippen LogP contribution in [0.2, 0.25) is 10.0 Å². The summed E-state index contributed by atoms with van der Waals surface area (Å²) in [6.07, 6.45) is 5.79. The van der Waals surface area contributed by atoms with E-state index in [1.165, 1.54) is 12.8 Å². The van der Waals surface area contributed by atoms with Gasteiger partial charge in [-0.25, -0.2) is 0 Å². The average molecular weight is 327 g/mol. The van der Waals surface area contributed by atoms with E-state index in [2.05, 4.69) is 5.32 Å². The zero-order valence-corrected chi connectivity index (χ0v) is 13.5. The summed E-state index contributed by atoms with van der Waals surface area (Å²) in [4.78, 5) is 14.8. The van der Waals surface area contributed by atoms with Gasteiger partial charge in [0.25, 0.3) is 5.91 Å². The first-order valence-corrected chi connectivity index (χ1v) is 8.41. The predicted molar refractivity (Wildman–Crippen MR) is 86.2 cm³/mol. The Morgan fingerprint density at radius 2 is 2.05 bits per heavy atom. The Morgan fingerprint density at radius 3 is 2.71 bits per heavy atom. The molecule has 1 heterocycles. The van der Waals surface area contributed by atoms with Gasteiger partial charge in [0.1, 0.15) is 0 Å². The molecule has 21 heavy (non-hydrogen) atoms. The maximum atomic E-state index is 12.8. The smallest absolute Gasteiger partial charge is 0.255 e. The number of rotatable bonds is 4. The van der Waals surface area contributed by atoms with Crippen molar-refractivity contribution in [1.82, 2.24) is 10.2 Å². The number of carbonyl (C=O) groups excluding carboxylic acids is 1. The topological polar surface area (TPSA) is 32.3 Å². The molecule has 1 saturated heterocycles. The fourth-order valence-electron chi connectivity index (χ4n) is 2.92. The first-order valence-electron chi connectivity index (χ1n) is 7.65. The fraction of sp³-hybridized carbons (Fsp3) is 0.562. The second-order valence-corrected chi connectivity index (χ2v) is 6.72. The van der Waals surface area contributed by atoms with Crippen LogP contribution in [0, 0.1) is 0 Å². The molecule has 0 aromatic heterocycles. The van der Waals surface area contributed by atoms with E-state index in [-0.39, 0.29) is 5.91 Å². The zero-order valence-electron chi connectivity index (χ0n) is 11.9. The van der Waals surface area contributed by atoms with E-state index in [1.807, 2.05) is 4.90 Å². The Morgan fingerprint density at radius 1 is 1.24 bits per heavy atom. The van der Waals surface area contributed by atoms with E-state index in [0.717, 1.165) is 32.4 Å². The maximum absolute atomic E-state index is 12.8. The van der Waals surface area contributed by atoms with Crippen molar-refractivity contribution in [3.8, 4) is 0 Å². The van der Waals surface area contributed by atoms with E-state index >= 15 is 0 Å². The normalized spacial score (nSPS) is 22.1. The third kappa shape index (κ3) is 3.53. The largest absolute Gasteiger partial charge is 0.334 e. The van der Waals surface area contributed by atoms with Crippen molar-refractivity contribution in [3.05, 3.63) is 33.8 Å². The zero-order chi connectivity index (χ0) is 14.8. The van der Waals surface area contributed by atoms with E-state index in [1.54, 1.807) is 18.2 Å². The molecule has 3 rings (SSSR count). The number of piperidine rings is 1. The summed E-state index contributed by atoms with van der Waals surface area (Å²) >= 11 is 12.2. The molecule has 1 aliphatic carbocycles. The standard InChI is InChI=1S/C16H20Cl2N2O/c17-14-6-3-5-13(15(14)18)16(21)20(12-7-8-12)10-11-4-1-2-9-19-11/h3,5-6,11-12,19H,1-2,4,7-10H2. The van der Waals surface area contributed by atoms with Crippen LogP contribution in [0.4, 0.5) is 0 Å². The van der Waals surface area contributed by atoms with Gasteiger partial charge in [0.15, 0.2) is 0 Å². The van der Waals surface area contributed by atoms with E-state index in [9.17, 15) is 4.79 Å². The van der Waals surface area contributed by atoms with Crippen LogP contribution in [-0.4, -0.2) is 36.0 Å². The molecular formula is C16H20Cl2N2O. The van der Waals surface area contributed by atoms with Crippen molar-refractivity contribution < 1.29 is 4.79 Å². The van der Waals surface area contributed by atoms with Gasteiger partial charge in [-0.15, -0.1) is 0 Å². The Balaban J connectivity index is 1.76. The molecule has 1 N–H and O–H groups in total. The maximum Gasteiger partial charge on any atom is 0.255 e. The van der Waals surface area contributed by atoms with Gasteiger partial charge in [-0.2, -0.15) is 0 Å². The van der Waals surface area contributed by atoms with Crippen molar-refractivity contribution in [1.29, 1.82) is 0 Å². The van der Waals surface area contributed by atoms with E-state index in [0.29, 0.717) is 27.7 Å². The molecule has 1 amide bonds. The van der Waals surface area contributed by atoms with Crippen molar-refractivity contribution in [2.45, 2.75) is 44.2 Å². The van der Waals surface area contributed by atoms with Crippen molar-refractivity contribution in [3.63, 3.8) is 0 Å². The Kier molecular flexibility index (Phi) is 4.72. The van der Waals surface area contributed by atoms with Gasteiger partial charge in [-0.1, -0.05) is 35.7 Å². The highest BCUT2D eigenvalue weighted by Gasteiger charge is 2.35. The SMILES string of the molecule is O=C(c1cccc(Cl)c1Cl)N(CC1CCCCN1)C1CC1. The lowest BCUT2D eigenvalue weighted by Gasteiger charge is -2.31. The van der Waals surface area contributed by atoms with Gasteiger partial charge < -0.3 is 10.2 Å². The summed E-state index contributed by atoms with van der Waals surface area (Å²) in [5.41, 5.74) is 0.520. The second kappa shape index (κ2) is 6.55. The van der Waals surface area contributed by atoms with Gasteiger partial charge >= 0.3 is 0 Å². The molecular weight excluding hydrogens is 307 g/mol. The molecule has 1 aromatic carbocycles. The minimum absolute atomic E-state index is 0.0115. The lowest BCUT2D eigenvalue weighted by atomic mass is 10.0. The molecule has 3 nitrogen and oxygen atoms in total. The van der Waals surface area contributed by atoms with Crippen LogP contribution < -0.4 is 5.32 Å². The highest BCUT2D eigenvalue weighted by Crippen LogP contribution is 2.32. The van der Waals surface area contributed by atoms with E-state index < -0.39 is 0 Å². The van der Waals surface area contributed by atoms with Crippen LogP contribution in [-0.2, 0) is 0 Å². The third-order valence-corrected chi connectivity index (χ3v) is 5.08. The van der Waals surface area contributed by atoms with Gasteiger partial charge in [0, 0.05) is 18.6 Å². The highest BCUT2D eigenvalue weighted by molar-refractivity contribution is 6.43. The number of hydrogen-bond donors (Lipinski definition) is 1. The fourth-order valence-corrected chi connectivity index (χ4v) is 3.31. The van der Waals surface area contributed by atoms with Crippen LogP contribution in [0.1, 0.15) is 42.5 Å². The van der Waals surface area contributed by atoms with E-state index in [4.69, 9.17) is 23.2 Å². The molecule has 1 aromatic rings. The first kappa shape index (κ1) is 15.1. The Bertz CT molecular complexity index is 525. The number of nitrogens with one attached hydrogen (secondary N) is 1. The number of amides is 1. The molecule has 114 valence electrons. The summed E-state index contributed by atoms with van der Waals surface area (Å²) in [6, 6.07) is 6.04. The summed E-state index contributed by atoms with van der Waals surface area (Å²) in [5, 5.41) is 4.32. The van der Waals surface area contributed by atoms with Crippen LogP contribution >= 0.6 is 23.2 Å². The molecule has 5 heteroatoms. The number of benzene rings is 1. The Hall–Kier alpha value is -0.770. The molecule has 0 spiro atoms. The Labute approximate surface area is 135 Å². The van der Waals surface area contributed by atoms with Crippen LogP contribution in [0.15, 0.2) is 18.2 Å². The molecule has 2 fully saturated rings. The molecule has 1 saturated carbocycles. The molecule has 0 radical (unpaired) electrons. The highest BCUT2D eigenvalue weighted by atomic mass is 35.5. The first-order chi connectivity index (χ1) is 10.2. The average Bonchev–Trinajstić information content (AvgIpc) is 3.33. The van der Waals surface area contributed by atoms with Crippen LogP contribution in [0.5, 0.6) is 0 Å². The van der Waals surface area contributed by atoms with Crippen molar-refractivity contribution in [2.75, 3.05) is 13.1 Å². The number of carbonyl (C=O) groups is 1. The van der Waals surface area contributed by atoms with Gasteiger partial charge in [-0.05, 0) is 44.4 Å². The molecule has 0 bridgehead atoms. The van der Waals surface area contributed by atoms with Gasteiger partial charge in [-0.3, -0.25) is 4.79 Å². The summed E-state index contributed by atoms with van der Waals surface area (Å²) in [7, 11) is 0. The van der Waals surface area contributed by atoms with Crippen molar-refractivity contribution >= 4 is 29.1 Å². The van der Waals surface area contributed by atoms with Crippen molar-refractivity contribution in [2.24, 2.45) is 0 Å². The van der Waals surface area contributed by atoms with Gasteiger partial charge in [0.05, 0.1) is 15.6 Å². The number of nitrogens with zero attached hydrogens (tertiary/aromatic N) is 1. The van der Waals surface area contributed by atoms with Crippen LogP contribution in [0.25, 0.3) is 0 Å². The quantitative estimate of drug-likeness (QED) is 0.914. The third-order valence-electron chi connectivity index (χ3n) is 4.26. The minimum atomic E-state index is 0.0115. The molecule has 2 aliphatic rings. The van der Waals surface area contributed by atoms with Crippen LogP contribution in [0.3, 0.4) is 0 Å². The molecule has 1 aliphatic heterocycles. The van der Waals surface area contributed by atoms with Gasteiger partial charge in [0.2, 0.25) is 0 Å². The predicted octanol–water partition coefficient (Wildman–Crippen LogP) is 3.74. The summed E-state index contributed by atoms with van der Waals surface area (Å²) in [5.74, 6) is 0.0115. The summed E-state index contributed by atoms with van der Waals surface area (Å²) < 4.78 is 0. The monoisotopic (exact) mass is 326 g/mol. The lowest BCUT2D eigenvalue weighted by Crippen LogP contribution is -2.46. The molecule has 1 atom stereocenters. The lowest BCUT2D eigenvalue weighted by molar-refractivity contribution is 0.0718. The summed E-state index contributed by atoms with van der Waals surface area (Å²) in [6.45, 7) is 1.82. The molecule has 1 unspecified atom stereocenters. The second-order valence-electron chi connectivity index (χ2n) is 5.94. The minimum Gasteiger partial charge on any atom is -0.334 e. The number of halogens is 2. The number of hydrogen-bond acceptors (Lipinski definition) is 2.